The van der Waals surface area contributed by atoms with Gasteiger partial charge in [0.25, 0.3) is 5.91 Å². The maximum absolute atomic E-state index is 11.8. The molecule has 1 N–H and O–H groups in total. The Labute approximate surface area is 150 Å². The first-order valence-electron chi connectivity index (χ1n) is 7.87. The fourth-order valence-electron chi connectivity index (χ4n) is 2.24. The number of carbonyl (C=O) groups is 1. The fraction of sp³-hybridized carbons (Fsp3) is 0.100. The van der Waals surface area contributed by atoms with Crippen molar-refractivity contribution in [1.82, 2.24) is 5.43 Å². The largest absolute Gasteiger partial charge is 0.484 e. The maximum atomic E-state index is 11.8. The van der Waals surface area contributed by atoms with E-state index >= 15 is 0 Å². The molecule has 5 heteroatoms. The summed E-state index contributed by atoms with van der Waals surface area (Å²) in [5.74, 6) is 0.358. The van der Waals surface area contributed by atoms with Gasteiger partial charge in [-0.05, 0) is 41.6 Å². The number of hydrazone groups is 1. The first-order valence-corrected chi connectivity index (χ1v) is 8.75. The van der Waals surface area contributed by atoms with Crippen molar-refractivity contribution in [2.24, 2.45) is 5.10 Å². The van der Waals surface area contributed by atoms with Crippen LogP contribution in [0.3, 0.4) is 0 Å². The summed E-state index contributed by atoms with van der Waals surface area (Å²) in [4.78, 5) is 12.9. The highest BCUT2D eigenvalue weighted by atomic mass is 32.1. The van der Waals surface area contributed by atoms with Crippen LogP contribution in [-0.2, 0) is 4.79 Å². The minimum Gasteiger partial charge on any atom is -0.484 e. The molecule has 0 saturated heterocycles. The van der Waals surface area contributed by atoms with Crippen LogP contribution in [0.25, 0.3) is 11.1 Å². The average molecular weight is 350 g/mol. The van der Waals surface area contributed by atoms with Gasteiger partial charge in [-0.25, -0.2) is 5.43 Å². The standard InChI is InChI=1S/C20H18N2O2S/c1-15(19-8-5-13-25-19)21-22-20(23)14-24-18-11-9-17(10-12-18)16-6-3-2-4-7-16/h2-13H,14H2,1H3,(H,22,23)/b21-15+. The van der Waals surface area contributed by atoms with Gasteiger partial charge in [-0.3, -0.25) is 4.79 Å². The average Bonchev–Trinajstić information content (AvgIpc) is 3.20. The van der Waals surface area contributed by atoms with E-state index in [0.29, 0.717) is 5.75 Å². The number of nitrogens with one attached hydrogen (secondary N) is 1. The van der Waals surface area contributed by atoms with Crippen LogP contribution in [0.1, 0.15) is 11.8 Å². The lowest BCUT2D eigenvalue weighted by molar-refractivity contribution is -0.123. The molecule has 25 heavy (non-hydrogen) atoms. The number of hydrogen-bond acceptors (Lipinski definition) is 4. The summed E-state index contributed by atoms with van der Waals surface area (Å²) in [6, 6.07) is 21.7. The van der Waals surface area contributed by atoms with Gasteiger partial charge in [-0.2, -0.15) is 5.10 Å². The molecule has 0 unspecified atom stereocenters. The number of ether oxygens (including phenoxy) is 1. The lowest BCUT2D eigenvalue weighted by Crippen LogP contribution is -2.25. The van der Waals surface area contributed by atoms with E-state index in [1.807, 2.05) is 66.9 Å². The van der Waals surface area contributed by atoms with Gasteiger partial charge in [0, 0.05) is 4.88 Å². The van der Waals surface area contributed by atoms with Crippen molar-refractivity contribution in [3.63, 3.8) is 0 Å². The molecule has 0 spiro atoms. The van der Waals surface area contributed by atoms with E-state index < -0.39 is 0 Å². The topological polar surface area (TPSA) is 50.7 Å². The summed E-state index contributed by atoms with van der Waals surface area (Å²) in [6.07, 6.45) is 0. The Morgan fingerprint density at radius 3 is 2.40 bits per heavy atom. The van der Waals surface area contributed by atoms with Crippen molar-refractivity contribution in [3.05, 3.63) is 77.0 Å². The van der Waals surface area contributed by atoms with Gasteiger partial charge in [0.05, 0.1) is 5.71 Å². The van der Waals surface area contributed by atoms with Gasteiger partial charge >= 0.3 is 0 Å². The molecule has 0 aliphatic heterocycles. The van der Waals surface area contributed by atoms with E-state index in [1.54, 1.807) is 11.3 Å². The molecule has 126 valence electrons. The quantitative estimate of drug-likeness (QED) is 0.531. The third kappa shape index (κ3) is 4.78. The van der Waals surface area contributed by atoms with Gasteiger partial charge in [0.2, 0.25) is 0 Å². The third-order valence-corrected chi connectivity index (χ3v) is 4.54. The van der Waals surface area contributed by atoms with Crippen LogP contribution in [0, 0.1) is 0 Å². The highest BCUT2D eigenvalue weighted by molar-refractivity contribution is 7.12. The Morgan fingerprint density at radius 2 is 1.72 bits per heavy atom. The van der Waals surface area contributed by atoms with Crippen LogP contribution in [0.2, 0.25) is 0 Å². The second-order valence-corrected chi connectivity index (χ2v) is 6.34. The zero-order valence-electron chi connectivity index (χ0n) is 13.8. The van der Waals surface area contributed by atoms with Crippen molar-refractivity contribution in [3.8, 4) is 16.9 Å². The number of amides is 1. The smallest absolute Gasteiger partial charge is 0.277 e. The summed E-state index contributed by atoms with van der Waals surface area (Å²) < 4.78 is 5.50. The van der Waals surface area contributed by atoms with Gasteiger partial charge in [0.15, 0.2) is 6.61 Å². The van der Waals surface area contributed by atoms with E-state index in [-0.39, 0.29) is 12.5 Å². The molecule has 0 radical (unpaired) electrons. The number of hydrogen-bond donors (Lipinski definition) is 1. The van der Waals surface area contributed by atoms with Crippen molar-refractivity contribution >= 4 is 23.0 Å². The van der Waals surface area contributed by atoms with Crippen LogP contribution in [0.15, 0.2) is 77.2 Å². The molecule has 0 fully saturated rings. The molecule has 0 saturated carbocycles. The Balaban J connectivity index is 1.51. The Bertz CT molecular complexity index is 841. The molecule has 1 amide bonds. The SMILES string of the molecule is C/C(=N\NC(=O)COc1ccc(-c2ccccc2)cc1)c1cccs1. The molecule has 3 rings (SSSR count). The first-order chi connectivity index (χ1) is 12.2. The van der Waals surface area contributed by atoms with Crippen molar-refractivity contribution < 1.29 is 9.53 Å². The molecule has 1 heterocycles. The Kier molecular flexibility index (Phi) is 5.59. The minimum atomic E-state index is -0.289. The van der Waals surface area contributed by atoms with Crippen LogP contribution in [0.5, 0.6) is 5.75 Å². The maximum Gasteiger partial charge on any atom is 0.277 e. The zero-order chi connectivity index (χ0) is 17.5. The minimum absolute atomic E-state index is 0.0775. The number of rotatable bonds is 6. The lowest BCUT2D eigenvalue weighted by Gasteiger charge is -2.07. The molecule has 0 aliphatic rings. The van der Waals surface area contributed by atoms with Crippen molar-refractivity contribution in [2.75, 3.05) is 6.61 Å². The summed E-state index contributed by atoms with van der Waals surface area (Å²) in [7, 11) is 0. The van der Waals surface area contributed by atoms with Crippen molar-refractivity contribution in [1.29, 1.82) is 0 Å². The lowest BCUT2D eigenvalue weighted by atomic mass is 10.1. The van der Waals surface area contributed by atoms with Gasteiger partial charge in [-0.15, -0.1) is 11.3 Å². The van der Waals surface area contributed by atoms with Crippen LogP contribution in [0.4, 0.5) is 0 Å². The number of carbonyl (C=O) groups excluding carboxylic acids is 1. The Hall–Kier alpha value is -2.92. The van der Waals surface area contributed by atoms with E-state index in [9.17, 15) is 4.79 Å². The second kappa shape index (κ2) is 8.26. The Morgan fingerprint density at radius 1 is 1.00 bits per heavy atom. The van der Waals surface area contributed by atoms with Gasteiger partial charge < -0.3 is 4.74 Å². The van der Waals surface area contributed by atoms with E-state index in [0.717, 1.165) is 21.7 Å². The molecule has 0 aliphatic carbocycles. The molecule has 0 atom stereocenters. The zero-order valence-corrected chi connectivity index (χ0v) is 14.6. The summed E-state index contributed by atoms with van der Waals surface area (Å²) >= 11 is 1.58. The molecule has 4 nitrogen and oxygen atoms in total. The fourth-order valence-corrected chi connectivity index (χ4v) is 2.92. The van der Waals surface area contributed by atoms with Crippen molar-refractivity contribution in [2.45, 2.75) is 6.92 Å². The molecule has 2 aromatic carbocycles. The summed E-state index contributed by atoms with van der Waals surface area (Å²) in [5, 5.41) is 6.05. The number of benzene rings is 2. The molecule has 1 aromatic heterocycles. The third-order valence-electron chi connectivity index (χ3n) is 3.56. The van der Waals surface area contributed by atoms with E-state index in [1.165, 1.54) is 0 Å². The van der Waals surface area contributed by atoms with Crippen LogP contribution < -0.4 is 10.2 Å². The molecular formula is C20H18N2O2S. The summed E-state index contributed by atoms with van der Waals surface area (Å²) in [6.45, 7) is 1.78. The molecule has 0 bridgehead atoms. The molecular weight excluding hydrogens is 332 g/mol. The highest BCUT2D eigenvalue weighted by Gasteiger charge is 2.04. The van der Waals surface area contributed by atoms with Crippen LogP contribution in [-0.4, -0.2) is 18.2 Å². The summed E-state index contributed by atoms with van der Waals surface area (Å²) in [5.41, 5.74) is 5.53. The first kappa shape index (κ1) is 16.9. The predicted molar refractivity (Wildman–Crippen MR) is 102 cm³/mol. The van der Waals surface area contributed by atoms with E-state index in [4.69, 9.17) is 4.74 Å². The normalized spacial score (nSPS) is 11.2. The van der Waals surface area contributed by atoms with Gasteiger partial charge in [0.1, 0.15) is 5.75 Å². The number of nitrogens with zero attached hydrogens (tertiary/aromatic N) is 1. The predicted octanol–water partition coefficient (Wildman–Crippen LogP) is 4.33. The highest BCUT2D eigenvalue weighted by Crippen LogP contribution is 2.21. The number of thiophene rings is 1. The van der Waals surface area contributed by atoms with Gasteiger partial charge in [-0.1, -0.05) is 48.5 Å². The van der Waals surface area contributed by atoms with Crippen LogP contribution >= 0.6 is 11.3 Å². The van der Waals surface area contributed by atoms with E-state index in [2.05, 4.69) is 22.7 Å². The molecule has 3 aromatic rings. The second-order valence-electron chi connectivity index (χ2n) is 5.39. The monoisotopic (exact) mass is 350 g/mol.